The van der Waals surface area contributed by atoms with Gasteiger partial charge in [0, 0.05) is 12.4 Å². The van der Waals surface area contributed by atoms with E-state index < -0.39 is 0 Å². The summed E-state index contributed by atoms with van der Waals surface area (Å²) >= 11 is 0. The van der Waals surface area contributed by atoms with Gasteiger partial charge in [-0.25, -0.2) is 0 Å². The van der Waals surface area contributed by atoms with Gasteiger partial charge in [0.25, 0.3) is 0 Å². The SMILES string of the molecule is C(/C=C\c1ccccc1)=Nc1ccc(CCc2ccc(N=C/C=C\c3ccccc3)cc2)cc1. The predicted molar refractivity (Wildman–Crippen MR) is 148 cm³/mol. The molecule has 0 radical (unpaired) electrons. The molecule has 4 rings (SSSR count). The maximum atomic E-state index is 4.51. The molecule has 4 aromatic rings. The van der Waals surface area contributed by atoms with Gasteiger partial charge in [-0.15, -0.1) is 0 Å². The van der Waals surface area contributed by atoms with Crippen LogP contribution >= 0.6 is 0 Å². The minimum atomic E-state index is 0.963. The highest BCUT2D eigenvalue weighted by Crippen LogP contribution is 2.17. The molecular weight excluding hydrogens is 412 g/mol. The average Bonchev–Trinajstić information content (AvgIpc) is 2.90. The zero-order valence-electron chi connectivity index (χ0n) is 19.2. The third-order valence-corrected chi connectivity index (χ3v) is 5.37. The number of rotatable bonds is 9. The Morgan fingerprint density at radius 3 is 1.21 bits per heavy atom. The van der Waals surface area contributed by atoms with Crippen LogP contribution in [-0.2, 0) is 12.8 Å². The number of aryl methyl sites for hydroxylation is 2. The van der Waals surface area contributed by atoms with E-state index in [0.29, 0.717) is 0 Å². The summed E-state index contributed by atoms with van der Waals surface area (Å²) in [5, 5.41) is 0. The van der Waals surface area contributed by atoms with Crippen LogP contribution in [0.15, 0.2) is 131 Å². The molecule has 0 fully saturated rings. The summed E-state index contributed by atoms with van der Waals surface area (Å²) in [7, 11) is 0. The van der Waals surface area contributed by atoms with Gasteiger partial charge in [-0.3, -0.25) is 9.98 Å². The third kappa shape index (κ3) is 7.68. The number of hydrogen-bond donors (Lipinski definition) is 0. The summed E-state index contributed by atoms with van der Waals surface area (Å²) in [5.74, 6) is 0. The molecule has 2 nitrogen and oxygen atoms in total. The third-order valence-electron chi connectivity index (χ3n) is 5.37. The molecule has 0 aromatic heterocycles. The summed E-state index contributed by atoms with van der Waals surface area (Å²) in [6.07, 6.45) is 13.7. The second kappa shape index (κ2) is 12.7. The normalized spacial score (nSPS) is 11.9. The van der Waals surface area contributed by atoms with Gasteiger partial charge >= 0.3 is 0 Å². The largest absolute Gasteiger partial charge is 0.257 e. The van der Waals surface area contributed by atoms with E-state index in [-0.39, 0.29) is 0 Å². The van der Waals surface area contributed by atoms with E-state index in [9.17, 15) is 0 Å². The fourth-order valence-corrected chi connectivity index (χ4v) is 3.48. The lowest BCUT2D eigenvalue weighted by atomic mass is 10.0. The van der Waals surface area contributed by atoms with Crippen molar-refractivity contribution in [3.8, 4) is 0 Å². The van der Waals surface area contributed by atoms with Crippen LogP contribution in [-0.4, -0.2) is 12.4 Å². The molecule has 0 aliphatic rings. The molecule has 0 unspecified atom stereocenters. The van der Waals surface area contributed by atoms with Gasteiger partial charge in [0.05, 0.1) is 11.4 Å². The van der Waals surface area contributed by atoms with E-state index in [1.165, 1.54) is 22.3 Å². The van der Waals surface area contributed by atoms with Crippen molar-refractivity contribution in [2.75, 3.05) is 0 Å². The Bertz CT molecular complexity index is 1150. The maximum absolute atomic E-state index is 4.51. The van der Waals surface area contributed by atoms with Crippen molar-refractivity contribution in [2.45, 2.75) is 12.8 Å². The van der Waals surface area contributed by atoms with Crippen LogP contribution in [0.4, 0.5) is 11.4 Å². The van der Waals surface area contributed by atoms with Crippen molar-refractivity contribution in [1.82, 2.24) is 0 Å². The van der Waals surface area contributed by atoms with Crippen molar-refractivity contribution in [3.63, 3.8) is 0 Å². The molecule has 0 amide bonds. The molecule has 4 aromatic carbocycles. The van der Waals surface area contributed by atoms with Crippen molar-refractivity contribution >= 4 is 36.0 Å². The molecule has 0 heterocycles. The molecule has 166 valence electrons. The van der Waals surface area contributed by atoms with Crippen LogP contribution < -0.4 is 0 Å². The fourth-order valence-electron chi connectivity index (χ4n) is 3.48. The number of aliphatic imine (C=N–C) groups is 2. The lowest BCUT2D eigenvalue weighted by molar-refractivity contribution is 0.960. The van der Waals surface area contributed by atoms with Crippen molar-refractivity contribution in [3.05, 3.63) is 144 Å². The van der Waals surface area contributed by atoms with Gasteiger partial charge < -0.3 is 0 Å². The lowest BCUT2D eigenvalue weighted by Gasteiger charge is -2.03. The van der Waals surface area contributed by atoms with Crippen LogP contribution in [0, 0.1) is 0 Å². The molecule has 0 atom stereocenters. The van der Waals surface area contributed by atoms with E-state index in [1.807, 2.05) is 61.0 Å². The highest BCUT2D eigenvalue weighted by atomic mass is 14.7. The van der Waals surface area contributed by atoms with Crippen LogP contribution in [0.3, 0.4) is 0 Å². The average molecular weight is 441 g/mol. The molecule has 34 heavy (non-hydrogen) atoms. The highest BCUT2D eigenvalue weighted by molar-refractivity contribution is 5.81. The van der Waals surface area contributed by atoms with Crippen LogP contribution in [0.1, 0.15) is 22.3 Å². The molecule has 0 saturated heterocycles. The predicted octanol–water partition coefficient (Wildman–Crippen LogP) is 8.30. The standard InChI is InChI=1S/C32H28N2/c1-3-9-27(10-4-1)13-7-25-33-31-21-17-29(18-22-31)15-16-30-19-23-32(24-20-30)34-26-8-14-28-11-5-2-6-12-28/h1-14,17-26H,15-16H2/b13-7-,14-8-,33-25?,34-26?. The lowest BCUT2D eigenvalue weighted by Crippen LogP contribution is -1.90. The Balaban J connectivity index is 1.23. The van der Waals surface area contributed by atoms with Crippen molar-refractivity contribution in [1.29, 1.82) is 0 Å². The molecule has 0 aliphatic heterocycles. The molecular formula is C32H28N2. The Morgan fingerprint density at radius 2 is 0.824 bits per heavy atom. The monoisotopic (exact) mass is 440 g/mol. The Kier molecular flexibility index (Phi) is 8.52. The van der Waals surface area contributed by atoms with Gasteiger partial charge in [0.15, 0.2) is 0 Å². The van der Waals surface area contributed by atoms with Crippen LogP contribution in [0.2, 0.25) is 0 Å². The van der Waals surface area contributed by atoms with Crippen molar-refractivity contribution in [2.24, 2.45) is 9.98 Å². The quantitative estimate of drug-likeness (QED) is 0.234. The zero-order chi connectivity index (χ0) is 23.3. The molecule has 0 spiro atoms. The second-order valence-electron chi connectivity index (χ2n) is 7.93. The van der Waals surface area contributed by atoms with Gasteiger partial charge in [-0.2, -0.15) is 0 Å². The summed E-state index contributed by atoms with van der Waals surface area (Å²) in [5.41, 5.74) is 6.89. The second-order valence-corrected chi connectivity index (χ2v) is 7.93. The van der Waals surface area contributed by atoms with Crippen LogP contribution in [0.5, 0.6) is 0 Å². The number of allylic oxidation sites excluding steroid dienone is 2. The van der Waals surface area contributed by atoms with Crippen molar-refractivity contribution < 1.29 is 0 Å². The summed E-state index contributed by atoms with van der Waals surface area (Å²) in [6, 6.07) is 37.4. The Labute approximate surface area is 202 Å². The minimum absolute atomic E-state index is 0.963. The van der Waals surface area contributed by atoms with E-state index in [4.69, 9.17) is 0 Å². The molecule has 0 bridgehead atoms. The highest BCUT2D eigenvalue weighted by Gasteiger charge is 1.97. The first kappa shape index (κ1) is 22.9. The topological polar surface area (TPSA) is 24.7 Å². The Morgan fingerprint density at radius 1 is 0.441 bits per heavy atom. The van der Waals surface area contributed by atoms with Gasteiger partial charge in [-0.05, 0) is 71.5 Å². The molecule has 0 saturated carbocycles. The molecule has 2 heteroatoms. The van der Waals surface area contributed by atoms with Gasteiger partial charge in [-0.1, -0.05) is 97.1 Å². The minimum Gasteiger partial charge on any atom is -0.257 e. The number of benzene rings is 4. The van der Waals surface area contributed by atoms with E-state index in [0.717, 1.165) is 24.2 Å². The van der Waals surface area contributed by atoms with Gasteiger partial charge in [0.1, 0.15) is 0 Å². The van der Waals surface area contributed by atoms with Gasteiger partial charge in [0.2, 0.25) is 0 Å². The van der Waals surface area contributed by atoms with E-state index in [2.05, 4.69) is 94.9 Å². The maximum Gasteiger partial charge on any atom is 0.0629 e. The first-order valence-electron chi connectivity index (χ1n) is 11.5. The summed E-state index contributed by atoms with van der Waals surface area (Å²) in [6.45, 7) is 0. The number of hydrogen-bond acceptors (Lipinski definition) is 2. The van der Waals surface area contributed by atoms with E-state index in [1.54, 1.807) is 0 Å². The Hall–Kier alpha value is -4.30. The summed E-state index contributed by atoms with van der Waals surface area (Å²) < 4.78 is 0. The summed E-state index contributed by atoms with van der Waals surface area (Å²) in [4.78, 5) is 9.02. The van der Waals surface area contributed by atoms with E-state index >= 15 is 0 Å². The first-order chi connectivity index (χ1) is 16.8. The molecule has 0 aliphatic carbocycles. The fraction of sp³-hybridized carbons (Fsp3) is 0.0625. The number of nitrogens with zero attached hydrogens (tertiary/aromatic N) is 2. The smallest absolute Gasteiger partial charge is 0.0629 e. The zero-order valence-corrected chi connectivity index (χ0v) is 19.2. The first-order valence-corrected chi connectivity index (χ1v) is 11.5. The van der Waals surface area contributed by atoms with Crippen LogP contribution in [0.25, 0.3) is 12.2 Å². The molecule has 0 N–H and O–H groups in total.